The fourth-order valence-corrected chi connectivity index (χ4v) is 4.09. The van der Waals surface area contributed by atoms with Crippen molar-refractivity contribution in [1.82, 2.24) is 19.7 Å². The lowest BCUT2D eigenvalue weighted by Crippen LogP contribution is -2.36. The quantitative estimate of drug-likeness (QED) is 0.675. The normalized spacial score (nSPS) is 17.3. The molecule has 2 aliphatic rings. The molecule has 0 bridgehead atoms. The van der Waals surface area contributed by atoms with Crippen LogP contribution in [0.3, 0.4) is 0 Å². The van der Waals surface area contributed by atoms with Crippen molar-refractivity contribution in [2.24, 2.45) is 0 Å². The third kappa shape index (κ3) is 4.10. The van der Waals surface area contributed by atoms with E-state index >= 15 is 0 Å². The first-order valence-electron chi connectivity index (χ1n) is 10.7. The van der Waals surface area contributed by atoms with Crippen LogP contribution in [-0.2, 0) is 19.5 Å². The van der Waals surface area contributed by atoms with Crippen LogP contribution in [-0.4, -0.2) is 39.5 Å². The summed E-state index contributed by atoms with van der Waals surface area (Å²) in [7, 11) is 0. The molecular formula is C23H23FN4O4. The minimum atomic E-state index is -0.314. The molecule has 32 heavy (non-hydrogen) atoms. The second-order valence-corrected chi connectivity index (χ2v) is 7.99. The van der Waals surface area contributed by atoms with E-state index in [1.165, 1.54) is 16.8 Å². The molecule has 5 rings (SSSR count). The Hall–Kier alpha value is -3.62. The highest BCUT2D eigenvalue weighted by atomic mass is 19.1. The van der Waals surface area contributed by atoms with E-state index in [1.54, 1.807) is 34.9 Å². The summed E-state index contributed by atoms with van der Waals surface area (Å²) in [5.74, 6) is 1.43. The minimum Gasteiger partial charge on any atom is -0.486 e. The van der Waals surface area contributed by atoms with Crippen molar-refractivity contribution < 1.29 is 18.7 Å². The van der Waals surface area contributed by atoms with Gasteiger partial charge in [-0.05, 0) is 48.7 Å². The lowest BCUT2D eigenvalue weighted by Gasteiger charge is -2.20. The summed E-state index contributed by atoms with van der Waals surface area (Å²) >= 11 is 0. The van der Waals surface area contributed by atoms with Gasteiger partial charge in [0.05, 0.1) is 6.54 Å². The number of benzene rings is 2. The predicted octanol–water partition coefficient (Wildman–Crippen LogP) is 2.14. The van der Waals surface area contributed by atoms with E-state index in [0.29, 0.717) is 68.5 Å². The largest absolute Gasteiger partial charge is 0.486 e. The fourth-order valence-electron chi connectivity index (χ4n) is 4.09. The summed E-state index contributed by atoms with van der Waals surface area (Å²) < 4.78 is 27.3. The molecule has 0 fully saturated rings. The maximum Gasteiger partial charge on any atom is 0.346 e. The topological polar surface area (TPSA) is 87.4 Å². The van der Waals surface area contributed by atoms with Gasteiger partial charge in [0.2, 0.25) is 0 Å². The zero-order valence-corrected chi connectivity index (χ0v) is 17.4. The van der Waals surface area contributed by atoms with Crippen LogP contribution in [0.1, 0.15) is 34.6 Å². The van der Waals surface area contributed by atoms with Gasteiger partial charge in [0.25, 0.3) is 5.91 Å². The average molecular weight is 438 g/mol. The third-order valence-electron chi connectivity index (χ3n) is 5.80. The van der Waals surface area contributed by atoms with Gasteiger partial charge in [-0.15, -0.1) is 0 Å². The highest BCUT2D eigenvalue weighted by molar-refractivity contribution is 5.95. The highest BCUT2D eigenvalue weighted by Crippen LogP contribution is 2.30. The number of fused-ring (bicyclic) bond motifs is 2. The van der Waals surface area contributed by atoms with Crippen LogP contribution in [0.2, 0.25) is 0 Å². The Bertz CT molecular complexity index is 1200. The van der Waals surface area contributed by atoms with Crippen LogP contribution in [0.5, 0.6) is 11.5 Å². The van der Waals surface area contributed by atoms with Crippen molar-refractivity contribution in [2.75, 3.05) is 13.2 Å². The molecule has 3 aromatic rings. The monoisotopic (exact) mass is 438 g/mol. The number of nitrogens with zero attached hydrogens (tertiary/aromatic N) is 3. The molecule has 1 aromatic heterocycles. The Labute approximate surface area is 183 Å². The van der Waals surface area contributed by atoms with Gasteiger partial charge in [0.15, 0.2) is 11.5 Å². The molecule has 0 spiro atoms. The Morgan fingerprint density at radius 2 is 1.88 bits per heavy atom. The van der Waals surface area contributed by atoms with Crippen LogP contribution >= 0.6 is 0 Å². The van der Waals surface area contributed by atoms with Gasteiger partial charge in [0.1, 0.15) is 24.9 Å². The number of aryl methyl sites for hydroxylation is 1. The van der Waals surface area contributed by atoms with Crippen molar-refractivity contribution >= 4 is 5.91 Å². The van der Waals surface area contributed by atoms with Gasteiger partial charge >= 0.3 is 5.69 Å². The molecular weight excluding hydrogens is 415 g/mol. The number of amides is 1. The third-order valence-corrected chi connectivity index (χ3v) is 5.80. The summed E-state index contributed by atoms with van der Waals surface area (Å²) in [5.41, 5.74) is 1.13. The number of rotatable bonds is 4. The van der Waals surface area contributed by atoms with Gasteiger partial charge in [0, 0.05) is 24.6 Å². The highest BCUT2D eigenvalue weighted by Gasteiger charge is 2.23. The number of aromatic nitrogens is 3. The van der Waals surface area contributed by atoms with Gasteiger partial charge in [-0.25, -0.2) is 13.9 Å². The van der Waals surface area contributed by atoms with E-state index in [1.807, 2.05) is 0 Å². The minimum absolute atomic E-state index is 0.0673. The van der Waals surface area contributed by atoms with E-state index in [2.05, 4.69) is 10.4 Å². The number of hydrogen-bond donors (Lipinski definition) is 1. The van der Waals surface area contributed by atoms with Crippen LogP contribution in [0, 0.1) is 5.82 Å². The molecule has 0 saturated carbocycles. The Morgan fingerprint density at radius 3 is 2.69 bits per heavy atom. The average Bonchev–Trinajstić information content (AvgIpc) is 2.97. The predicted molar refractivity (Wildman–Crippen MR) is 114 cm³/mol. The maximum atomic E-state index is 13.1. The van der Waals surface area contributed by atoms with E-state index in [4.69, 9.17) is 9.47 Å². The van der Waals surface area contributed by atoms with Gasteiger partial charge in [-0.2, -0.15) is 5.10 Å². The smallest absolute Gasteiger partial charge is 0.346 e. The molecule has 1 amide bonds. The summed E-state index contributed by atoms with van der Waals surface area (Å²) in [5, 5.41) is 7.54. The second kappa shape index (κ2) is 8.49. The molecule has 166 valence electrons. The van der Waals surface area contributed by atoms with E-state index in [-0.39, 0.29) is 23.5 Å². The first-order valence-corrected chi connectivity index (χ1v) is 10.7. The SMILES string of the molecule is O=C(NC1CCc2nn(Cc3ccc(F)cc3)c(=O)n2CC1)c1ccc2c(c1)OCCO2. The first kappa shape index (κ1) is 20.3. The number of carbonyl (C=O) groups is 1. The fraction of sp³-hybridized carbons (Fsp3) is 0.348. The molecule has 0 aliphatic carbocycles. The van der Waals surface area contributed by atoms with E-state index in [9.17, 15) is 14.0 Å². The Balaban J connectivity index is 1.24. The molecule has 1 atom stereocenters. The Kier molecular flexibility index (Phi) is 5.38. The molecule has 2 aliphatic heterocycles. The number of halogens is 1. The molecule has 1 unspecified atom stereocenters. The number of hydrogen-bond acceptors (Lipinski definition) is 5. The van der Waals surface area contributed by atoms with E-state index in [0.717, 1.165) is 5.56 Å². The first-order chi connectivity index (χ1) is 15.6. The van der Waals surface area contributed by atoms with Gasteiger partial charge < -0.3 is 14.8 Å². The molecule has 1 N–H and O–H groups in total. The van der Waals surface area contributed by atoms with Gasteiger partial charge in [-0.3, -0.25) is 9.36 Å². The summed E-state index contributed by atoms with van der Waals surface area (Å²) in [6.45, 7) is 1.74. The Morgan fingerprint density at radius 1 is 1.09 bits per heavy atom. The van der Waals surface area contributed by atoms with Crippen LogP contribution in [0.15, 0.2) is 47.3 Å². The number of nitrogens with one attached hydrogen (secondary N) is 1. The maximum absolute atomic E-state index is 13.1. The van der Waals surface area contributed by atoms with E-state index < -0.39 is 0 Å². The lowest BCUT2D eigenvalue weighted by molar-refractivity contribution is 0.0931. The van der Waals surface area contributed by atoms with Crippen molar-refractivity contribution in [2.45, 2.75) is 38.4 Å². The lowest BCUT2D eigenvalue weighted by atomic mass is 10.1. The van der Waals surface area contributed by atoms with Crippen LogP contribution < -0.4 is 20.5 Å². The molecule has 0 saturated heterocycles. The van der Waals surface area contributed by atoms with Crippen molar-refractivity contribution in [1.29, 1.82) is 0 Å². The zero-order chi connectivity index (χ0) is 22.1. The summed E-state index contributed by atoms with van der Waals surface area (Å²) in [4.78, 5) is 25.5. The van der Waals surface area contributed by atoms with Crippen molar-refractivity contribution in [3.8, 4) is 11.5 Å². The second-order valence-electron chi connectivity index (χ2n) is 7.99. The molecule has 3 heterocycles. The van der Waals surface area contributed by atoms with Crippen LogP contribution in [0.25, 0.3) is 0 Å². The van der Waals surface area contributed by atoms with Gasteiger partial charge in [-0.1, -0.05) is 12.1 Å². The van der Waals surface area contributed by atoms with Crippen molar-refractivity contribution in [3.63, 3.8) is 0 Å². The van der Waals surface area contributed by atoms with Crippen molar-refractivity contribution in [3.05, 3.63) is 75.7 Å². The summed E-state index contributed by atoms with van der Waals surface area (Å²) in [6.07, 6.45) is 1.90. The molecule has 9 heteroatoms. The zero-order valence-electron chi connectivity index (χ0n) is 17.4. The summed E-state index contributed by atoms with van der Waals surface area (Å²) in [6, 6.07) is 11.1. The standard InChI is InChI=1S/C23H23FN4O4/c24-17-4-1-15(2-5-17)14-28-23(30)27-10-9-18(6-8-21(27)26-28)25-22(29)16-3-7-19-20(13-16)32-12-11-31-19/h1-5,7,13,18H,6,8-12,14H2,(H,25,29). The number of ether oxygens (including phenoxy) is 2. The van der Waals surface area contributed by atoms with Crippen LogP contribution in [0.4, 0.5) is 4.39 Å². The molecule has 8 nitrogen and oxygen atoms in total. The molecule has 2 aromatic carbocycles. The molecule has 0 radical (unpaired) electrons. The number of carbonyl (C=O) groups excluding carboxylic acids is 1.